The third-order valence-electron chi connectivity index (χ3n) is 5.90. The first-order valence-electron chi connectivity index (χ1n) is 11.0. The van der Waals surface area contributed by atoms with E-state index in [2.05, 4.69) is 0 Å². The molecular weight excluding hydrogens is 442 g/mol. The first-order valence-corrected chi connectivity index (χ1v) is 12.9. The summed E-state index contributed by atoms with van der Waals surface area (Å²) >= 11 is 0. The van der Waals surface area contributed by atoms with Crippen LogP contribution in [0.15, 0.2) is 57.7 Å². The molecule has 4 rings (SSSR count). The number of sulfone groups is 1. The molecule has 3 aromatic rings. The van der Waals surface area contributed by atoms with E-state index in [-0.39, 0.29) is 35.5 Å². The summed E-state index contributed by atoms with van der Waals surface area (Å²) in [7, 11) is -3.09. The van der Waals surface area contributed by atoms with Crippen molar-refractivity contribution in [3.8, 4) is 16.9 Å². The molecule has 2 aromatic carbocycles. The van der Waals surface area contributed by atoms with Gasteiger partial charge in [0.25, 0.3) is 5.91 Å². The number of hydrogen-bond donors (Lipinski definition) is 0. The van der Waals surface area contributed by atoms with E-state index in [0.29, 0.717) is 41.0 Å². The van der Waals surface area contributed by atoms with E-state index in [0.717, 1.165) is 12.0 Å². The number of ether oxygens (including phenoxy) is 1. The summed E-state index contributed by atoms with van der Waals surface area (Å²) in [5.41, 5.74) is 1.57. The van der Waals surface area contributed by atoms with E-state index in [1.54, 1.807) is 30.0 Å². The number of carbonyl (C=O) groups excluding carboxylic acids is 1. The number of rotatable bonds is 7. The van der Waals surface area contributed by atoms with Crippen molar-refractivity contribution in [1.29, 1.82) is 0 Å². The molecule has 0 unspecified atom stereocenters. The van der Waals surface area contributed by atoms with Crippen LogP contribution < -0.4 is 10.2 Å². The minimum Gasteiger partial charge on any atom is -0.484 e. The zero-order chi connectivity index (χ0) is 23.6. The molecule has 7 nitrogen and oxygen atoms in total. The number of amides is 1. The van der Waals surface area contributed by atoms with Gasteiger partial charge >= 0.3 is 0 Å². The van der Waals surface area contributed by atoms with Crippen molar-refractivity contribution in [3.63, 3.8) is 0 Å². The van der Waals surface area contributed by atoms with E-state index < -0.39 is 9.84 Å². The maximum atomic E-state index is 13.1. The molecule has 1 fully saturated rings. The lowest BCUT2D eigenvalue weighted by Crippen LogP contribution is -2.44. The topological polar surface area (TPSA) is 93.9 Å². The van der Waals surface area contributed by atoms with Crippen LogP contribution in [0.2, 0.25) is 0 Å². The lowest BCUT2D eigenvalue weighted by Gasteiger charge is -2.27. The molecule has 8 heteroatoms. The van der Waals surface area contributed by atoms with Gasteiger partial charge in [0.05, 0.1) is 22.5 Å². The van der Waals surface area contributed by atoms with E-state index in [4.69, 9.17) is 9.15 Å². The van der Waals surface area contributed by atoms with E-state index in [1.807, 2.05) is 37.3 Å². The van der Waals surface area contributed by atoms with E-state index in [1.165, 1.54) is 0 Å². The van der Waals surface area contributed by atoms with Gasteiger partial charge in [-0.1, -0.05) is 37.3 Å². The van der Waals surface area contributed by atoms with Crippen molar-refractivity contribution < 1.29 is 22.4 Å². The van der Waals surface area contributed by atoms with Gasteiger partial charge in [0.1, 0.15) is 17.1 Å². The molecule has 1 aliphatic heterocycles. The van der Waals surface area contributed by atoms with Crippen molar-refractivity contribution in [2.75, 3.05) is 24.7 Å². The van der Waals surface area contributed by atoms with Gasteiger partial charge in [0.2, 0.25) is 5.43 Å². The Balaban J connectivity index is 1.53. The Morgan fingerprint density at radius 2 is 1.94 bits per heavy atom. The molecule has 1 saturated heterocycles. The Bertz CT molecular complexity index is 1330. The maximum Gasteiger partial charge on any atom is 0.260 e. The van der Waals surface area contributed by atoms with Crippen molar-refractivity contribution >= 4 is 26.7 Å². The minimum atomic E-state index is -3.09. The average Bonchev–Trinajstić information content (AvgIpc) is 3.15. The van der Waals surface area contributed by atoms with Crippen molar-refractivity contribution in [2.24, 2.45) is 0 Å². The van der Waals surface area contributed by atoms with E-state index >= 15 is 0 Å². The highest BCUT2D eigenvalue weighted by atomic mass is 32.2. The second-order valence-electron chi connectivity index (χ2n) is 8.32. The molecular formula is C25H27NO6S. The Labute approximate surface area is 192 Å². The van der Waals surface area contributed by atoms with Crippen LogP contribution in [-0.2, 0) is 14.6 Å². The lowest BCUT2D eigenvalue weighted by atomic mass is 10.0. The van der Waals surface area contributed by atoms with Crippen LogP contribution in [0.3, 0.4) is 0 Å². The molecule has 33 heavy (non-hydrogen) atoms. The highest BCUT2D eigenvalue weighted by molar-refractivity contribution is 7.91. The maximum absolute atomic E-state index is 13.1. The molecule has 0 spiro atoms. The fraction of sp³-hybridized carbons (Fsp3) is 0.360. The van der Waals surface area contributed by atoms with Crippen LogP contribution in [0.1, 0.15) is 25.5 Å². The summed E-state index contributed by atoms with van der Waals surface area (Å²) < 4.78 is 35.3. The van der Waals surface area contributed by atoms with Gasteiger partial charge in [-0.2, -0.15) is 0 Å². The molecule has 0 radical (unpaired) electrons. The Kier molecular flexibility index (Phi) is 6.56. The molecule has 0 bridgehead atoms. The minimum absolute atomic E-state index is 0.00287. The van der Waals surface area contributed by atoms with Gasteiger partial charge in [0, 0.05) is 18.7 Å². The summed E-state index contributed by atoms with van der Waals surface area (Å²) in [6, 6.07) is 13.9. The molecule has 0 N–H and O–H groups in total. The Hall–Kier alpha value is -3.13. The Morgan fingerprint density at radius 1 is 1.18 bits per heavy atom. The van der Waals surface area contributed by atoms with Gasteiger partial charge in [-0.15, -0.1) is 0 Å². The smallest absolute Gasteiger partial charge is 0.260 e. The van der Waals surface area contributed by atoms with Crippen LogP contribution in [-0.4, -0.2) is 49.9 Å². The normalized spacial score (nSPS) is 17.2. The fourth-order valence-electron chi connectivity index (χ4n) is 4.32. The first kappa shape index (κ1) is 23.0. The predicted octanol–water partition coefficient (Wildman–Crippen LogP) is 3.57. The molecule has 1 aromatic heterocycles. The van der Waals surface area contributed by atoms with Crippen LogP contribution in [0.5, 0.6) is 5.75 Å². The summed E-state index contributed by atoms with van der Waals surface area (Å²) in [6.07, 6.45) is 1.19. The third kappa shape index (κ3) is 4.95. The number of fused-ring (bicyclic) bond motifs is 1. The quantitative estimate of drug-likeness (QED) is 0.525. The van der Waals surface area contributed by atoms with Crippen LogP contribution in [0.4, 0.5) is 0 Å². The number of nitrogens with zero attached hydrogens (tertiary/aromatic N) is 1. The second-order valence-corrected chi connectivity index (χ2v) is 10.5. The molecule has 1 aliphatic rings. The van der Waals surface area contributed by atoms with Crippen LogP contribution in [0, 0.1) is 6.92 Å². The number of benzene rings is 2. The molecule has 0 aliphatic carbocycles. The summed E-state index contributed by atoms with van der Waals surface area (Å²) in [6.45, 7) is 3.96. The second kappa shape index (κ2) is 9.39. The summed E-state index contributed by atoms with van der Waals surface area (Å²) in [5, 5.41) is 0.432. The van der Waals surface area contributed by atoms with Gasteiger partial charge in [-0.25, -0.2) is 8.42 Å². The molecule has 1 atom stereocenters. The number of aryl methyl sites for hydroxylation is 1. The summed E-state index contributed by atoms with van der Waals surface area (Å²) in [5.74, 6) is 0.768. The van der Waals surface area contributed by atoms with Crippen molar-refractivity contribution in [2.45, 2.75) is 32.7 Å². The van der Waals surface area contributed by atoms with Gasteiger partial charge in [0.15, 0.2) is 16.4 Å². The molecule has 2 heterocycles. The molecule has 174 valence electrons. The zero-order valence-corrected chi connectivity index (χ0v) is 19.6. The third-order valence-corrected chi connectivity index (χ3v) is 7.65. The van der Waals surface area contributed by atoms with Crippen LogP contribution >= 0.6 is 0 Å². The highest BCUT2D eigenvalue weighted by Crippen LogP contribution is 2.26. The predicted molar refractivity (Wildman–Crippen MR) is 127 cm³/mol. The first-order chi connectivity index (χ1) is 15.8. The lowest BCUT2D eigenvalue weighted by molar-refractivity contribution is -0.135. The standard InChI is InChI=1S/C25H27NO6S/c1-3-12-26(19-11-13-33(29,30)16-19)23(27)15-31-20-9-10-21-22(14-20)32-17(2)24(25(21)28)18-7-5-4-6-8-18/h4-10,14,19H,3,11-13,15-16H2,1-2H3/t19-/m1/s1. The van der Waals surface area contributed by atoms with Crippen molar-refractivity contribution in [3.05, 3.63) is 64.5 Å². The SMILES string of the molecule is CCCN(C(=O)COc1ccc2c(=O)c(-c3ccccc3)c(C)oc2c1)[C@@H]1CCS(=O)(=O)C1. The van der Waals surface area contributed by atoms with E-state index in [9.17, 15) is 18.0 Å². The van der Waals surface area contributed by atoms with Crippen LogP contribution in [0.25, 0.3) is 22.1 Å². The molecule has 1 amide bonds. The molecule has 0 saturated carbocycles. The number of carbonyl (C=O) groups is 1. The monoisotopic (exact) mass is 469 g/mol. The average molecular weight is 470 g/mol. The van der Waals surface area contributed by atoms with Crippen molar-refractivity contribution in [1.82, 2.24) is 4.90 Å². The van der Waals surface area contributed by atoms with Gasteiger partial charge in [-0.05, 0) is 37.5 Å². The largest absolute Gasteiger partial charge is 0.484 e. The number of hydrogen-bond acceptors (Lipinski definition) is 6. The fourth-order valence-corrected chi connectivity index (χ4v) is 6.05. The Morgan fingerprint density at radius 3 is 2.61 bits per heavy atom. The summed E-state index contributed by atoms with van der Waals surface area (Å²) in [4.78, 5) is 27.5. The highest BCUT2D eigenvalue weighted by Gasteiger charge is 2.34. The zero-order valence-electron chi connectivity index (χ0n) is 18.7. The van der Waals surface area contributed by atoms with Gasteiger partial charge < -0.3 is 14.1 Å². The van der Waals surface area contributed by atoms with Gasteiger partial charge in [-0.3, -0.25) is 9.59 Å².